The molecular weight excluding hydrogens is 366 g/mol. The number of aliphatic hydroxyl groups is 2. The van der Waals surface area contributed by atoms with Gasteiger partial charge in [-0.15, -0.1) is 0 Å². The summed E-state index contributed by atoms with van der Waals surface area (Å²) in [5.74, 6) is 5.82. The second kappa shape index (κ2) is 20.8. The monoisotopic (exact) mass is 407 g/mol. The van der Waals surface area contributed by atoms with Crippen LogP contribution in [0.3, 0.4) is 0 Å². The maximum atomic E-state index is 8.65. The van der Waals surface area contributed by atoms with Crippen molar-refractivity contribution in [1.82, 2.24) is 5.01 Å². The lowest BCUT2D eigenvalue weighted by molar-refractivity contribution is -0.0941. The van der Waals surface area contributed by atoms with Crippen molar-refractivity contribution in [2.45, 2.75) is 51.7 Å². The van der Waals surface area contributed by atoms with Gasteiger partial charge in [0.15, 0.2) is 6.29 Å². The Hall–Kier alpha value is -0.940. The molecule has 0 aromatic rings. The van der Waals surface area contributed by atoms with E-state index >= 15 is 0 Å². The number of nitrogens with zero attached hydrogens (tertiary/aromatic N) is 1. The van der Waals surface area contributed by atoms with Crippen LogP contribution < -0.4 is 11.6 Å². The van der Waals surface area contributed by atoms with Gasteiger partial charge in [-0.1, -0.05) is 13.3 Å². The molecule has 0 radical (unpaired) electrons. The molecule has 9 heteroatoms. The van der Waals surface area contributed by atoms with Gasteiger partial charge in [-0.05, 0) is 25.7 Å². The first-order valence-corrected chi connectivity index (χ1v) is 10.2. The van der Waals surface area contributed by atoms with Crippen molar-refractivity contribution in [2.75, 3.05) is 59.4 Å². The Bertz CT molecular complexity index is 359. The van der Waals surface area contributed by atoms with E-state index in [1.807, 2.05) is 0 Å². The van der Waals surface area contributed by atoms with E-state index in [9.17, 15) is 0 Å². The molecule has 0 spiro atoms. The van der Waals surface area contributed by atoms with Gasteiger partial charge in [0.2, 0.25) is 0 Å². The molecule has 0 amide bonds. The van der Waals surface area contributed by atoms with Gasteiger partial charge >= 0.3 is 0 Å². The highest BCUT2D eigenvalue weighted by molar-refractivity contribution is 4.94. The topological polar surface area (TPSA) is 133 Å². The summed E-state index contributed by atoms with van der Waals surface area (Å²) in [6, 6.07) is 0. The van der Waals surface area contributed by atoms with Gasteiger partial charge in [-0.25, -0.2) is 5.84 Å². The quantitative estimate of drug-likeness (QED) is 0.0939. The first-order chi connectivity index (χ1) is 13.6. The zero-order valence-corrected chi connectivity index (χ0v) is 17.4. The molecule has 0 saturated heterocycles. The van der Waals surface area contributed by atoms with E-state index in [1.54, 1.807) is 6.20 Å². The first-order valence-electron chi connectivity index (χ1n) is 10.2. The summed E-state index contributed by atoms with van der Waals surface area (Å²) in [5, 5.41) is 18.8. The van der Waals surface area contributed by atoms with Crippen molar-refractivity contribution in [3.63, 3.8) is 0 Å². The molecule has 9 nitrogen and oxygen atoms in total. The largest absolute Gasteiger partial charge is 0.401 e. The van der Waals surface area contributed by atoms with Crippen molar-refractivity contribution in [3.05, 3.63) is 11.9 Å². The van der Waals surface area contributed by atoms with Crippen LogP contribution in [0.2, 0.25) is 0 Å². The van der Waals surface area contributed by atoms with Crippen molar-refractivity contribution < 1.29 is 29.2 Å². The summed E-state index contributed by atoms with van der Waals surface area (Å²) in [6.45, 7) is 7.02. The summed E-state index contributed by atoms with van der Waals surface area (Å²) < 4.78 is 21.5. The highest BCUT2D eigenvalue weighted by Gasteiger charge is 2.00. The Morgan fingerprint density at radius 2 is 1.46 bits per heavy atom. The second-order valence-corrected chi connectivity index (χ2v) is 6.50. The number of rotatable bonds is 21. The van der Waals surface area contributed by atoms with E-state index < -0.39 is 6.29 Å². The number of hydrazine groups is 1. The molecule has 0 unspecified atom stereocenters. The maximum absolute atomic E-state index is 8.65. The number of ether oxygens (including phenoxy) is 4. The molecule has 0 aliphatic rings. The van der Waals surface area contributed by atoms with E-state index in [4.69, 9.17) is 40.7 Å². The minimum Gasteiger partial charge on any atom is -0.401 e. The molecule has 0 saturated carbocycles. The molecule has 0 aromatic heterocycles. The van der Waals surface area contributed by atoms with E-state index in [-0.39, 0.29) is 6.61 Å². The fourth-order valence-electron chi connectivity index (χ4n) is 2.15. The van der Waals surface area contributed by atoms with Gasteiger partial charge in [0, 0.05) is 38.1 Å². The number of hydrogen-bond donors (Lipinski definition) is 4. The van der Waals surface area contributed by atoms with Crippen LogP contribution in [-0.4, -0.2) is 80.9 Å². The van der Waals surface area contributed by atoms with Gasteiger partial charge in [0.25, 0.3) is 0 Å². The van der Waals surface area contributed by atoms with Crippen LogP contribution in [0.25, 0.3) is 0 Å². The van der Waals surface area contributed by atoms with Crippen LogP contribution in [0.1, 0.15) is 45.4 Å². The third-order valence-electron chi connectivity index (χ3n) is 3.72. The fraction of sp³-hybridized carbons (Fsp3) is 0.895. The predicted octanol–water partition coefficient (Wildman–Crippen LogP) is 0.700. The fourth-order valence-corrected chi connectivity index (χ4v) is 2.15. The lowest BCUT2D eigenvalue weighted by Gasteiger charge is -2.15. The molecule has 0 fully saturated rings. The van der Waals surface area contributed by atoms with Gasteiger partial charge in [0.05, 0.1) is 39.6 Å². The normalized spacial score (nSPS) is 12.1. The molecule has 0 rings (SSSR count). The summed E-state index contributed by atoms with van der Waals surface area (Å²) in [6.07, 6.45) is 5.99. The van der Waals surface area contributed by atoms with Crippen LogP contribution in [0.5, 0.6) is 0 Å². The summed E-state index contributed by atoms with van der Waals surface area (Å²) in [7, 11) is 0. The summed E-state index contributed by atoms with van der Waals surface area (Å²) >= 11 is 0. The minimum absolute atomic E-state index is 0.132. The zero-order chi connectivity index (χ0) is 20.9. The Morgan fingerprint density at radius 1 is 0.857 bits per heavy atom. The van der Waals surface area contributed by atoms with Crippen molar-refractivity contribution in [2.24, 2.45) is 11.6 Å². The molecule has 6 N–H and O–H groups in total. The Balaban J connectivity index is 3.35. The third-order valence-corrected chi connectivity index (χ3v) is 3.72. The van der Waals surface area contributed by atoms with Crippen molar-refractivity contribution in [3.8, 4) is 0 Å². The standard InChI is InChI=1S/C19H41N3O6/c1-2-3-9-26-14-15-27-11-6-4-5-10-25-13-8-22(21)16-18(20)7-12-28-17-19(23)24/h16,19,23-24H,2-15,17,20-21H2,1H3/b18-16-. The average molecular weight is 408 g/mol. The number of nitrogens with two attached hydrogens (primary N) is 2. The molecule has 0 bridgehead atoms. The summed E-state index contributed by atoms with van der Waals surface area (Å²) in [4.78, 5) is 0. The zero-order valence-electron chi connectivity index (χ0n) is 17.4. The lowest BCUT2D eigenvalue weighted by Crippen LogP contribution is -2.30. The number of aliphatic hydroxyl groups excluding tert-OH is 1. The van der Waals surface area contributed by atoms with Crippen LogP contribution in [0.4, 0.5) is 0 Å². The van der Waals surface area contributed by atoms with E-state index in [0.29, 0.717) is 51.7 Å². The third kappa shape index (κ3) is 21.4. The highest BCUT2D eigenvalue weighted by atomic mass is 16.5. The smallest absolute Gasteiger partial charge is 0.175 e. The van der Waals surface area contributed by atoms with E-state index in [0.717, 1.165) is 45.3 Å². The van der Waals surface area contributed by atoms with Gasteiger partial charge < -0.3 is 39.9 Å². The molecule has 0 aliphatic heterocycles. The predicted molar refractivity (Wildman–Crippen MR) is 108 cm³/mol. The van der Waals surface area contributed by atoms with Crippen molar-refractivity contribution >= 4 is 0 Å². The molecule has 0 atom stereocenters. The molecule has 168 valence electrons. The van der Waals surface area contributed by atoms with Gasteiger partial charge in [-0.2, -0.15) is 0 Å². The second-order valence-electron chi connectivity index (χ2n) is 6.50. The SMILES string of the molecule is CCCCOCCOCCCCCOCCN(N)/C=C(\N)CCOCC(O)O. The van der Waals surface area contributed by atoms with Crippen LogP contribution in [-0.2, 0) is 18.9 Å². The Labute approximate surface area is 169 Å². The molecule has 28 heavy (non-hydrogen) atoms. The average Bonchev–Trinajstić information content (AvgIpc) is 2.65. The van der Waals surface area contributed by atoms with Crippen molar-refractivity contribution in [1.29, 1.82) is 0 Å². The summed E-state index contributed by atoms with van der Waals surface area (Å²) in [5.41, 5.74) is 6.38. The Kier molecular flexibility index (Phi) is 20.1. The Morgan fingerprint density at radius 3 is 2.07 bits per heavy atom. The van der Waals surface area contributed by atoms with Gasteiger partial charge in [-0.3, -0.25) is 0 Å². The maximum Gasteiger partial charge on any atom is 0.175 e. The highest BCUT2D eigenvalue weighted by Crippen LogP contribution is 1.98. The minimum atomic E-state index is -1.46. The van der Waals surface area contributed by atoms with Crippen LogP contribution in [0.15, 0.2) is 11.9 Å². The lowest BCUT2D eigenvalue weighted by atomic mass is 10.2. The number of unbranched alkanes of at least 4 members (excludes halogenated alkanes) is 3. The molecule has 0 aromatic carbocycles. The van der Waals surface area contributed by atoms with Gasteiger partial charge in [0.1, 0.15) is 0 Å². The van der Waals surface area contributed by atoms with Crippen LogP contribution in [0, 0.1) is 0 Å². The number of hydrogen-bond acceptors (Lipinski definition) is 9. The van der Waals surface area contributed by atoms with Crippen LogP contribution >= 0.6 is 0 Å². The van der Waals surface area contributed by atoms with E-state index in [1.165, 1.54) is 5.01 Å². The molecule has 0 aliphatic carbocycles. The molecular formula is C19H41N3O6. The first kappa shape index (κ1) is 27.1. The molecule has 0 heterocycles. The van der Waals surface area contributed by atoms with E-state index in [2.05, 4.69) is 6.92 Å².